The zero-order valence-corrected chi connectivity index (χ0v) is 14.0. The fraction of sp³-hybridized carbons (Fsp3) is 0.263. The summed E-state index contributed by atoms with van der Waals surface area (Å²) in [4.78, 5) is 13.3. The van der Waals surface area contributed by atoms with Gasteiger partial charge >= 0.3 is 0 Å². The van der Waals surface area contributed by atoms with Crippen LogP contribution in [0.3, 0.4) is 0 Å². The molecule has 1 aliphatic rings. The molecule has 1 heterocycles. The van der Waals surface area contributed by atoms with Crippen molar-refractivity contribution < 1.29 is 9.53 Å². The van der Waals surface area contributed by atoms with Crippen LogP contribution < -0.4 is 5.32 Å². The van der Waals surface area contributed by atoms with E-state index in [1.165, 1.54) is 22.9 Å². The second-order valence-corrected chi connectivity index (χ2v) is 6.58. The molecule has 0 fully saturated rings. The van der Waals surface area contributed by atoms with E-state index in [9.17, 15) is 4.79 Å². The molecule has 0 aliphatic carbocycles. The smallest absolute Gasteiger partial charge is 0.252 e. The van der Waals surface area contributed by atoms with E-state index in [1.807, 2.05) is 30.3 Å². The van der Waals surface area contributed by atoms with Crippen LogP contribution in [0.5, 0.6) is 0 Å². The van der Waals surface area contributed by atoms with Crippen LogP contribution in [0, 0.1) is 11.3 Å². The van der Waals surface area contributed by atoms with Crippen LogP contribution in [0.1, 0.15) is 21.5 Å². The SMILES string of the molecule is N#CCSc1ccccc1C(=O)NC[C@@H]1Cc2ccccc2CO1. The van der Waals surface area contributed by atoms with E-state index in [0.717, 1.165) is 11.3 Å². The van der Waals surface area contributed by atoms with Crippen molar-refractivity contribution in [1.82, 2.24) is 5.32 Å². The van der Waals surface area contributed by atoms with Crippen LogP contribution in [0.25, 0.3) is 0 Å². The van der Waals surface area contributed by atoms with Crippen molar-refractivity contribution in [2.75, 3.05) is 12.3 Å². The summed E-state index contributed by atoms with van der Waals surface area (Å²) in [6, 6.07) is 17.7. The molecule has 5 heteroatoms. The van der Waals surface area contributed by atoms with Gasteiger partial charge in [-0.15, -0.1) is 11.8 Å². The number of thioether (sulfide) groups is 1. The first kappa shape index (κ1) is 16.6. The second-order valence-electron chi connectivity index (χ2n) is 5.56. The zero-order valence-electron chi connectivity index (χ0n) is 13.2. The van der Waals surface area contributed by atoms with E-state index in [0.29, 0.717) is 24.5 Å². The minimum absolute atomic E-state index is 0.0113. The largest absolute Gasteiger partial charge is 0.371 e. The van der Waals surface area contributed by atoms with Crippen molar-refractivity contribution >= 4 is 17.7 Å². The summed E-state index contributed by atoms with van der Waals surface area (Å²) < 4.78 is 5.82. The molecular weight excluding hydrogens is 320 g/mol. The third-order valence-corrected chi connectivity index (χ3v) is 4.90. The Hall–Kier alpha value is -2.29. The quantitative estimate of drug-likeness (QED) is 0.851. The number of carbonyl (C=O) groups is 1. The topological polar surface area (TPSA) is 62.1 Å². The van der Waals surface area contributed by atoms with E-state index in [-0.39, 0.29) is 12.0 Å². The van der Waals surface area contributed by atoms with Gasteiger partial charge in [-0.2, -0.15) is 5.26 Å². The number of ether oxygens (including phenoxy) is 1. The van der Waals surface area contributed by atoms with Gasteiger partial charge in [0.1, 0.15) is 0 Å². The highest BCUT2D eigenvalue weighted by Crippen LogP contribution is 2.23. The molecule has 0 unspecified atom stereocenters. The molecule has 1 amide bonds. The molecule has 24 heavy (non-hydrogen) atoms. The minimum Gasteiger partial charge on any atom is -0.371 e. The molecule has 0 bridgehead atoms. The lowest BCUT2D eigenvalue weighted by Gasteiger charge is -2.25. The lowest BCUT2D eigenvalue weighted by atomic mass is 9.99. The Morgan fingerprint density at radius 1 is 1.21 bits per heavy atom. The molecule has 4 nitrogen and oxygen atoms in total. The summed E-state index contributed by atoms with van der Waals surface area (Å²) in [5.74, 6) is 0.200. The van der Waals surface area contributed by atoms with Crippen molar-refractivity contribution in [3.63, 3.8) is 0 Å². The highest BCUT2D eigenvalue weighted by atomic mass is 32.2. The Kier molecular flexibility index (Phi) is 5.52. The summed E-state index contributed by atoms with van der Waals surface area (Å²) in [5, 5.41) is 11.7. The van der Waals surface area contributed by atoms with E-state index >= 15 is 0 Å². The van der Waals surface area contributed by atoms with Crippen molar-refractivity contribution in [3.05, 3.63) is 65.2 Å². The summed E-state index contributed by atoms with van der Waals surface area (Å²) in [6.45, 7) is 1.07. The number of nitriles is 1. The second kappa shape index (κ2) is 8.00. The van der Waals surface area contributed by atoms with E-state index < -0.39 is 0 Å². The van der Waals surface area contributed by atoms with E-state index in [1.54, 1.807) is 6.07 Å². The maximum atomic E-state index is 12.5. The average molecular weight is 338 g/mol. The summed E-state index contributed by atoms with van der Waals surface area (Å²) in [5.41, 5.74) is 3.11. The molecular formula is C19H18N2O2S. The van der Waals surface area contributed by atoms with Crippen LogP contribution in [0.2, 0.25) is 0 Å². The Morgan fingerprint density at radius 3 is 2.79 bits per heavy atom. The van der Waals surface area contributed by atoms with Crippen LogP contribution in [-0.4, -0.2) is 24.3 Å². The molecule has 0 saturated carbocycles. The van der Waals surface area contributed by atoms with Gasteiger partial charge in [0.2, 0.25) is 0 Å². The Balaban J connectivity index is 1.60. The fourth-order valence-corrected chi connectivity index (χ4v) is 3.44. The highest BCUT2D eigenvalue weighted by molar-refractivity contribution is 7.99. The lowest BCUT2D eigenvalue weighted by Crippen LogP contribution is -2.36. The van der Waals surface area contributed by atoms with Gasteiger partial charge in [-0.1, -0.05) is 36.4 Å². The number of carbonyl (C=O) groups excluding carboxylic acids is 1. The molecule has 0 saturated heterocycles. The Morgan fingerprint density at radius 2 is 1.96 bits per heavy atom. The number of nitrogens with zero attached hydrogens (tertiary/aromatic N) is 1. The van der Waals surface area contributed by atoms with Crippen molar-refractivity contribution in [2.24, 2.45) is 0 Å². The Labute approximate surface area is 145 Å². The van der Waals surface area contributed by atoms with Gasteiger partial charge in [0.05, 0.1) is 30.1 Å². The van der Waals surface area contributed by atoms with Crippen molar-refractivity contribution in [3.8, 4) is 6.07 Å². The van der Waals surface area contributed by atoms with Gasteiger partial charge in [0.15, 0.2) is 0 Å². The fourth-order valence-electron chi connectivity index (χ4n) is 2.73. The molecule has 2 aromatic rings. The van der Waals surface area contributed by atoms with Crippen molar-refractivity contribution in [1.29, 1.82) is 5.26 Å². The first-order chi connectivity index (χ1) is 11.8. The van der Waals surface area contributed by atoms with E-state index in [4.69, 9.17) is 10.00 Å². The predicted octanol–water partition coefficient (Wildman–Crippen LogP) is 3.17. The van der Waals surface area contributed by atoms with Gasteiger partial charge in [-0.05, 0) is 23.3 Å². The number of rotatable bonds is 5. The number of amides is 1. The lowest BCUT2D eigenvalue weighted by molar-refractivity contribution is 0.0284. The zero-order chi connectivity index (χ0) is 16.8. The number of benzene rings is 2. The molecule has 1 N–H and O–H groups in total. The number of hydrogen-bond donors (Lipinski definition) is 1. The molecule has 0 aromatic heterocycles. The van der Waals surface area contributed by atoms with Gasteiger partial charge in [-0.3, -0.25) is 4.79 Å². The third-order valence-electron chi connectivity index (χ3n) is 3.95. The monoisotopic (exact) mass is 338 g/mol. The average Bonchev–Trinajstić information content (AvgIpc) is 2.64. The highest BCUT2D eigenvalue weighted by Gasteiger charge is 2.20. The van der Waals surface area contributed by atoms with Gasteiger partial charge in [0, 0.05) is 17.9 Å². The maximum Gasteiger partial charge on any atom is 0.252 e. The summed E-state index contributed by atoms with van der Waals surface area (Å²) >= 11 is 1.37. The standard InChI is InChI=1S/C19H18N2O2S/c20-9-10-24-18-8-4-3-7-17(18)19(22)21-12-16-11-14-5-1-2-6-15(14)13-23-16/h1-8,16H,10-13H2,(H,21,22)/t16-/m0/s1. The summed E-state index contributed by atoms with van der Waals surface area (Å²) in [7, 11) is 0. The van der Waals surface area contributed by atoms with Gasteiger partial charge < -0.3 is 10.1 Å². The Bertz CT molecular complexity index is 770. The molecule has 1 aliphatic heterocycles. The number of fused-ring (bicyclic) bond motifs is 1. The van der Waals surface area contributed by atoms with E-state index in [2.05, 4.69) is 23.5 Å². The number of nitrogens with one attached hydrogen (secondary N) is 1. The molecule has 122 valence electrons. The normalized spacial score (nSPS) is 16.0. The first-order valence-electron chi connectivity index (χ1n) is 7.83. The van der Waals surface area contributed by atoms with Gasteiger partial charge in [0.25, 0.3) is 5.91 Å². The molecule has 0 radical (unpaired) electrons. The van der Waals surface area contributed by atoms with Gasteiger partial charge in [-0.25, -0.2) is 0 Å². The molecule has 0 spiro atoms. The predicted molar refractivity (Wildman–Crippen MR) is 93.8 cm³/mol. The number of hydrogen-bond acceptors (Lipinski definition) is 4. The van der Waals surface area contributed by atoms with Crippen LogP contribution in [-0.2, 0) is 17.8 Å². The maximum absolute atomic E-state index is 12.5. The third kappa shape index (κ3) is 3.97. The van der Waals surface area contributed by atoms with Crippen molar-refractivity contribution in [2.45, 2.75) is 24.0 Å². The van der Waals surface area contributed by atoms with Crippen LogP contribution in [0.15, 0.2) is 53.4 Å². The molecule has 2 aromatic carbocycles. The first-order valence-corrected chi connectivity index (χ1v) is 8.82. The molecule has 3 rings (SSSR count). The molecule has 1 atom stereocenters. The van der Waals surface area contributed by atoms with Crippen LogP contribution in [0.4, 0.5) is 0 Å². The minimum atomic E-state index is -0.126. The summed E-state index contributed by atoms with van der Waals surface area (Å²) in [6.07, 6.45) is 0.796. The van der Waals surface area contributed by atoms with Crippen LogP contribution >= 0.6 is 11.8 Å².